The Balaban J connectivity index is 2.92. The zero-order chi connectivity index (χ0) is 12.9. The highest BCUT2D eigenvalue weighted by Gasteiger charge is 2.45. The summed E-state index contributed by atoms with van der Waals surface area (Å²) < 4.78 is 0. The predicted molar refractivity (Wildman–Crippen MR) is 69.1 cm³/mol. The molecule has 0 saturated carbocycles. The summed E-state index contributed by atoms with van der Waals surface area (Å²) in [7, 11) is 0. The molecule has 0 fully saturated rings. The van der Waals surface area contributed by atoms with E-state index in [0.29, 0.717) is 19.4 Å². The normalized spacial score (nSPS) is 24.4. The Labute approximate surface area is 104 Å². The minimum absolute atomic E-state index is 0.0156. The van der Waals surface area contributed by atoms with Crippen LogP contribution >= 0.6 is 0 Å². The van der Waals surface area contributed by atoms with Crippen LogP contribution in [0.5, 0.6) is 0 Å². The van der Waals surface area contributed by atoms with Crippen molar-refractivity contribution in [3.05, 3.63) is 0 Å². The van der Waals surface area contributed by atoms with Gasteiger partial charge in [0.25, 0.3) is 5.91 Å². The van der Waals surface area contributed by atoms with Crippen molar-refractivity contribution < 1.29 is 9.90 Å². The van der Waals surface area contributed by atoms with Crippen LogP contribution in [0.4, 0.5) is 0 Å². The van der Waals surface area contributed by atoms with Crippen molar-refractivity contribution in [1.29, 1.82) is 0 Å². The number of amides is 1. The number of carbonyl (C=O) groups is 1. The molecule has 0 spiro atoms. The minimum Gasteiger partial charge on any atom is -0.396 e. The molecule has 1 unspecified atom stereocenters. The molecule has 0 aliphatic carbocycles. The number of aliphatic hydroxyl groups excluding tert-OH is 1. The van der Waals surface area contributed by atoms with E-state index < -0.39 is 5.54 Å². The molecule has 1 aliphatic heterocycles. The topological polar surface area (TPSA) is 52.9 Å². The van der Waals surface area contributed by atoms with Gasteiger partial charge in [-0.2, -0.15) is 0 Å². The van der Waals surface area contributed by atoms with Gasteiger partial charge in [0.2, 0.25) is 0 Å². The third-order valence-corrected chi connectivity index (χ3v) is 3.48. The lowest BCUT2D eigenvalue weighted by molar-refractivity contribution is -0.131. The average molecular weight is 240 g/mol. The summed E-state index contributed by atoms with van der Waals surface area (Å²) >= 11 is 0. The Bertz CT molecular complexity index is 302. The van der Waals surface area contributed by atoms with Crippen molar-refractivity contribution in [2.75, 3.05) is 13.2 Å². The van der Waals surface area contributed by atoms with Crippen LogP contribution in [0.1, 0.15) is 52.9 Å². The van der Waals surface area contributed by atoms with E-state index in [1.165, 1.54) is 0 Å². The van der Waals surface area contributed by atoms with Crippen molar-refractivity contribution in [1.82, 2.24) is 4.90 Å². The molecule has 1 aliphatic rings. The first-order valence-electron chi connectivity index (χ1n) is 6.66. The van der Waals surface area contributed by atoms with Crippen LogP contribution < -0.4 is 0 Å². The molecule has 0 aromatic carbocycles. The molecule has 0 aromatic rings. The molecule has 0 saturated heterocycles. The van der Waals surface area contributed by atoms with Gasteiger partial charge in [-0.3, -0.25) is 14.7 Å². The maximum Gasteiger partial charge on any atom is 0.255 e. The van der Waals surface area contributed by atoms with Crippen LogP contribution in [-0.4, -0.2) is 40.4 Å². The highest BCUT2D eigenvalue weighted by atomic mass is 16.3. The highest BCUT2D eigenvalue weighted by molar-refractivity contribution is 6.08. The van der Waals surface area contributed by atoms with E-state index in [1.54, 1.807) is 4.90 Å². The number of aliphatic imine (C=N–C) groups is 1. The van der Waals surface area contributed by atoms with E-state index in [0.717, 1.165) is 25.1 Å². The maximum atomic E-state index is 12.4. The van der Waals surface area contributed by atoms with Crippen LogP contribution in [0, 0.1) is 0 Å². The van der Waals surface area contributed by atoms with Gasteiger partial charge in [-0.05, 0) is 19.8 Å². The maximum absolute atomic E-state index is 12.4. The number of rotatable bonds is 7. The zero-order valence-electron chi connectivity index (χ0n) is 11.2. The Morgan fingerprint density at radius 3 is 2.53 bits per heavy atom. The molecule has 4 nitrogen and oxygen atoms in total. The van der Waals surface area contributed by atoms with E-state index in [4.69, 9.17) is 5.11 Å². The summed E-state index contributed by atoms with van der Waals surface area (Å²) in [5.41, 5.74) is -0.687. The lowest BCUT2D eigenvalue weighted by Crippen LogP contribution is -2.42. The van der Waals surface area contributed by atoms with Gasteiger partial charge in [0.15, 0.2) is 0 Å². The molecular formula is C13H24N2O2. The fourth-order valence-corrected chi connectivity index (χ4v) is 2.33. The van der Waals surface area contributed by atoms with Gasteiger partial charge >= 0.3 is 0 Å². The number of unbranched alkanes of at least 4 members (excludes halogenated alkanes) is 1. The van der Waals surface area contributed by atoms with E-state index in [-0.39, 0.29) is 12.5 Å². The first kappa shape index (κ1) is 14.2. The number of hydrogen-bond donors (Lipinski definition) is 1. The molecule has 0 radical (unpaired) electrons. The molecular weight excluding hydrogens is 216 g/mol. The molecule has 1 amide bonds. The lowest BCUT2D eigenvalue weighted by atomic mass is 9.92. The minimum atomic E-state index is -0.687. The third kappa shape index (κ3) is 2.68. The number of nitrogens with zero attached hydrogens (tertiary/aromatic N) is 2. The summed E-state index contributed by atoms with van der Waals surface area (Å²) in [6, 6.07) is 0. The van der Waals surface area contributed by atoms with Crippen molar-refractivity contribution in [3.8, 4) is 0 Å². The van der Waals surface area contributed by atoms with Crippen LogP contribution in [0.2, 0.25) is 0 Å². The van der Waals surface area contributed by atoms with Crippen molar-refractivity contribution in [3.63, 3.8) is 0 Å². The third-order valence-electron chi connectivity index (χ3n) is 3.48. The number of amidine groups is 1. The molecule has 1 N–H and O–H groups in total. The molecule has 98 valence electrons. The van der Waals surface area contributed by atoms with Gasteiger partial charge in [-0.25, -0.2) is 0 Å². The number of aliphatic hydroxyl groups is 1. The molecule has 4 heteroatoms. The standard InChI is InChI=1S/C13H24N2O2/c1-4-7-8-11-14-13(5-2,9-10-16)12(17)15(11)6-3/h16H,4-10H2,1-3H3. The summed E-state index contributed by atoms with van der Waals surface area (Å²) in [6.45, 7) is 6.77. The quantitative estimate of drug-likeness (QED) is 0.739. The number of likely N-dealkylation sites (N-methyl/N-ethyl adjacent to an activating group) is 1. The molecule has 1 heterocycles. The molecule has 1 atom stereocenters. The van der Waals surface area contributed by atoms with Gasteiger partial charge in [0.05, 0.1) is 0 Å². The zero-order valence-corrected chi connectivity index (χ0v) is 11.2. The van der Waals surface area contributed by atoms with Gasteiger partial charge in [-0.15, -0.1) is 0 Å². The Hall–Kier alpha value is -0.900. The van der Waals surface area contributed by atoms with Gasteiger partial charge in [-0.1, -0.05) is 20.3 Å². The number of hydrogen-bond acceptors (Lipinski definition) is 3. The summed E-state index contributed by atoms with van der Waals surface area (Å²) in [6.07, 6.45) is 4.13. The Morgan fingerprint density at radius 1 is 1.35 bits per heavy atom. The van der Waals surface area contributed by atoms with E-state index in [1.807, 2.05) is 13.8 Å². The van der Waals surface area contributed by atoms with Gasteiger partial charge in [0, 0.05) is 26.0 Å². The van der Waals surface area contributed by atoms with E-state index in [9.17, 15) is 4.79 Å². The highest BCUT2D eigenvalue weighted by Crippen LogP contribution is 2.30. The van der Waals surface area contributed by atoms with Crippen LogP contribution in [-0.2, 0) is 4.79 Å². The molecule has 0 bridgehead atoms. The SMILES string of the molecule is CCCCC1=NC(CC)(CCO)C(=O)N1CC. The molecule has 1 rings (SSSR count). The fraction of sp³-hybridized carbons (Fsp3) is 0.846. The Kier molecular flexibility index (Phi) is 5.12. The monoisotopic (exact) mass is 240 g/mol. The van der Waals surface area contributed by atoms with Gasteiger partial charge < -0.3 is 5.11 Å². The van der Waals surface area contributed by atoms with Crippen molar-refractivity contribution >= 4 is 11.7 Å². The predicted octanol–water partition coefficient (Wildman–Crippen LogP) is 1.97. The molecule has 17 heavy (non-hydrogen) atoms. The Morgan fingerprint density at radius 2 is 2.06 bits per heavy atom. The smallest absolute Gasteiger partial charge is 0.255 e. The number of carbonyl (C=O) groups excluding carboxylic acids is 1. The average Bonchev–Trinajstić information content (AvgIpc) is 2.60. The summed E-state index contributed by atoms with van der Waals surface area (Å²) in [5, 5.41) is 9.12. The summed E-state index contributed by atoms with van der Waals surface area (Å²) in [4.78, 5) is 18.8. The van der Waals surface area contributed by atoms with Crippen LogP contribution in [0.25, 0.3) is 0 Å². The van der Waals surface area contributed by atoms with E-state index >= 15 is 0 Å². The van der Waals surface area contributed by atoms with E-state index in [2.05, 4.69) is 11.9 Å². The first-order valence-corrected chi connectivity index (χ1v) is 6.66. The largest absolute Gasteiger partial charge is 0.396 e. The lowest BCUT2D eigenvalue weighted by Gasteiger charge is -2.23. The fourth-order valence-electron chi connectivity index (χ4n) is 2.33. The first-order chi connectivity index (χ1) is 8.15. The summed E-state index contributed by atoms with van der Waals surface area (Å²) in [5.74, 6) is 0.984. The van der Waals surface area contributed by atoms with Crippen molar-refractivity contribution in [2.45, 2.75) is 58.4 Å². The molecule has 0 aromatic heterocycles. The van der Waals surface area contributed by atoms with Crippen LogP contribution in [0.3, 0.4) is 0 Å². The second kappa shape index (κ2) is 6.15. The second-order valence-corrected chi connectivity index (χ2v) is 4.54. The van der Waals surface area contributed by atoms with Crippen LogP contribution in [0.15, 0.2) is 4.99 Å². The van der Waals surface area contributed by atoms with Gasteiger partial charge in [0.1, 0.15) is 11.4 Å². The van der Waals surface area contributed by atoms with Crippen molar-refractivity contribution in [2.24, 2.45) is 4.99 Å². The second-order valence-electron chi connectivity index (χ2n) is 4.54.